The summed E-state index contributed by atoms with van der Waals surface area (Å²) in [5, 5.41) is 24.2. The maximum absolute atomic E-state index is 10.9. The quantitative estimate of drug-likeness (QED) is 0.144. The van der Waals surface area contributed by atoms with Gasteiger partial charge in [0.2, 0.25) is 0 Å². The fourth-order valence-corrected chi connectivity index (χ4v) is 4.29. The molecular weight excluding hydrogens is 412 g/mol. The minimum atomic E-state index is -0.401. The van der Waals surface area contributed by atoms with Gasteiger partial charge in [-0.2, -0.15) is 0 Å². The van der Waals surface area contributed by atoms with E-state index in [1.165, 1.54) is 28.5 Å². The highest BCUT2D eigenvalue weighted by molar-refractivity contribution is 6.09. The van der Waals surface area contributed by atoms with Crippen LogP contribution >= 0.6 is 0 Å². The van der Waals surface area contributed by atoms with Crippen molar-refractivity contribution >= 4 is 33.3 Å². The van der Waals surface area contributed by atoms with Crippen molar-refractivity contribution < 1.29 is 4.92 Å². The molecule has 33 heavy (non-hydrogen) atoms. The van der Waals surface area contributed by atoms with E-state index in [9.17, 15) is 10.1 Å². The highest BCUT2D eigenvalue weighted by Gasteiger charge is 2.14. The van der Waals surface area contributed by atoms with E-state index in [0.717, 1.165) is 27.6 Å². The van der Waals surface area contributed by atoms with Crippen molar-refractivity contribution in [3.8, 4) is 0 Å². The van der Waals surface area contributed by atoms with Gasteiger partial charge in [0, 0.05) is 24.8 Å². The van der Waals surface area contributed by atoms with Gasteiger partial charge in [0.25, 0.3) is 5.69 Å². The number of fused-ring (bicyclic) bond motifs is 2. The van der Waals surface area contributed by atoms with Gasteiger partial charge in [-0.05, 0) is 44.3 Å². The third kappa shape index (κ3) is 3.91. The third-order valence-electron chi connectivity index (χ3n) is 5.77. The Balaban J connectivity index is 1.52. The first kappa shape index (κ1) is 20.4. The summed E-state index contributed by atoms with van der Waals surface area (Å²) in [6, 6.07) is 23.2. The Bertz CT molecular complexity index is 1490. The van der Waals surface area contributed by atoms with E-state index < -0.39 is 4.92 Å². The van der Waals surface area contributed by atoms with Crippen molar-refractivity contribution in [2.24, 2.45) is 0 Å². The largest absolute Gasteiger partial charge is 0.269 e. The van der Waals surface area contributed by atoms with Crippen molar-refractivity contribution in [3.05, 3.63) is 124 Å². The van der Waals surface area contributed by atoms with E-state index in [2.05, 4.69) is 46.9 Å². The topological polar surface area (TPSA) is 73.8 Å². The molecule has 0 bridgehead atoms. The Morgan fingerprint density at radius 3 is 2.12 bits per heavy atom. The van der Waals surface area contributed by atoms with Crippen LogP contribution in [0.3, 0.4) is 0 Å². The summed E-state index contributed by atoms with van der Waals surface area (Å²) >= 11 is 0. The molecule has 1 aromatic heterocycles. The Morgan fingerprint density at radius 2 is 1.55 bits per heavy atom. The molecule has 0 saturated carbocycles. The zero-order valence-corrected chi connectivity index (χ0v) is 17.8. The molecule has 0 aliphatic heterocycles. The number of nitrogens with zero attached hydrogens (tertiary/aromatic N) is 4. The predicted molar refractivity (Wildman–Crippen MR) is 130 cm³/mol. The van der Waals surface area contributed by atoms with Crippen LogP contribution in [0.5, 0.6) is 0 Å². The van der Waals surface area contributed by atoms with E-state index in [1.807, 2.05) is 36.5 Å². The summed E-state index contributed by atoms with van der Waals surface area (Å²) in [5.41, 5.74) is 7.11. The smallest absolute Gasteiger partial charge is 0.258 e. The van der Waals surface area contributed by atoms with Crippen LogP contribution in [0.15, 0.2) is 91.3 Å². The third-order valence-corrected chi connectivity index (χ3v) is 5.77. The van der Waals surface area contributed by atoms with E-state index in [4.69, 9.17) is 0 Å². The molecule has 6 nitrogen and oxygen atoms in total. The second-order valence-electron chi connectivity index (χ2n) is 7.84. The van der Waals surface area contributed by atoms with Crippen LogP contribution in [0.2, 0.25) is 0 Å². The van der Waals surface area contributed by atoms with Gasteiger partial charge in [-0.25, -0.2) is 4.68 Å². The molecule has 0 unspecified atom stereocenters. The lowest BCUT2D eigenvalue weighted by Gasteiger charge is -2.14. The molecule has 160 valence electrons. The van der Waals surface area contributed by atoms with Crippen LogP contribution in [0.1, 0.15) is 22.4 Å². The zero-order valence-electron chi connectivity index (χ0n) is 17.8. The highest BCUT2D eigenvalue weighted by Crippen LogP contribution is 2.34. The van der Waals surface area contributed by atoms with Gasteiger partial charge in [-0.3, -0.25) is 10.1 Å². The molecule has 6 heteroatoms. The summed E-state index contributed by atoms with van der Waals surface area (Å²) in [4.78, 5) is 10.5. The summed E-state index contributed by atoms with van der Waals surface area (Å²) in [5.74, 6) is 0. The second kappa shape index (κ2) is 8.54. The molecule has 0 fully saturated rings. The maximum Gasteiger partial charge on any atom is 0.269 e. The number of aromatic nitrogens is 3. The van der Waals surface area contributed by atoms with E-state index in [0.29, 0.717) is 13.0 Å². The standard InChI is InChI=1S/C27H20N4O2/c1-2-7-22-23-8-3-5-10-25(23)27(26-11-6-4-9-24(22)26)16-20-18-30(29-28-20)17-19-12-14-21(15-13-19)31(32)33/h3-15,18H,1,16-17H2. The fraction of sp³-hybridized carbons (Fsp3) is 0.0741. The summed E-state index contributed by atoms with van der Waals surface area (Å²) < 4.78 is 1.76. The molecule has 0 N–H and O–H groups in total. The number of nitro benzene ring substituents is 1. The van der Waals surface area contributed by atoms with Crippen LogP contribution < -0.4 is 0 Å². The summed E-state index contributed by atoms with van der Waals surface area (Å²) in [7, 11) is 0. The van der Waals surface area contributed by atoms with Crippen molar-refractivity contribution in [1.82, 2.24) is 15.0 Å². The maximum atomic E-state index is 10.9. The number of nitro groups is 1. The summed E-state index contributed by atoms with van der Waals surface area (Å²) in [6.45, 7) is 4.27. The van der Waals surface area contributed by atoms with Crippen LogP contribution in [-0.2, 0) is 13.0 Å². The monoisotopic (exact) mass is 432 g/mol. The van der Waals surface area contributed by atoms with Crippen molar-refractivity contribution in [3.63, 3.8) is 0 Å². The van der Waals surface area contributed by atoms with E-state index in [-0.39, 0.29) is 5.69 Å². The summed E-state index contributed by atoms with van der Waals surface area (Å²) in [6.07, 6.45) is 4.51. The van der Waals surface area contributed by atoms with Crippen LogP contribution in [0.4, 0.5) is 5.69 Å². The van der Waals surface area contributed by atoms with Crippen LogP contribution in [0, 0.1) is 10.1 Å². The Kier molecular flexibility index (Phi) is 5.27. The number of hydrogen-bond acceptors (Lipinski definition) is 4. The van der Waals surface area contributed by atoms with Crippen LogP contribution in [0.25, 0.3) is 27.6 Å². The van der Waals surface area contributed by atoms with Gasteiger partial charge in [0.1, 0.15) is 0 Å². The van der Waals surface area contributed by atoms with Crippen molar-refractivity contribution in [1.29, 1.82) is 0 Å². The second-order valence-corrected chi connectivity index (χ2v) is 7.84. The average Bonchev–Trinajstić information content (AvgIpc) is 3.28. The van der Waals surface area contributed by atoms with E-state index >= 15 is 0 Å². The van der Waals surface area contributed by atoms with E-state index in [1.54, 1.807) is 16.8 Å². The lowest BCUT2D eigenvalue weighted by atomic mass is 9.90. The molecule has 0 spiro atoms. The minimum absolute atomic E-state index is 0.0755. The zero-order chi connectivity index (χ0) is 22.8. The molecule has 0 aliphatic carbocycles. The first-order valence-corrected chi connectivity index (χ1v) is 10.5. The van der Waals surface area contributed by atoms with Crippen LogP contribution in [-0.4, -0.2) is 19.9 Å². The number of non-ortho nitro benzene ring substituents is 1. The molecule has 5 rings (SSSR count). The van der Waals surface area contributed by atoms with Gasteiger partial charge in [0.05, 0.1) is 17.2 Å². The normalized spacial score (nSPS) is 10.9. The van der Waals surface area contributed by atoms with Gasteiger partial charge in [-0.1, -0.05) is 72.5 Å². The Morgan fingerprint density at radius 1 is 0.939 bits per heavy atom. The molecule has 0 aliphatic rings. The molecule has 5 aromatic rings. The molecule has 1 heterocycles. The Hall–Kier alpha value is -4.54. The lowest BCUT2D eigenvalue weighted by Crippen LogP contribution is -2.00. The first-order valence-electron chi connectivity index (χ1n) is 10.5. The molecule has 0 amide bonds. The SMILES string of the molecule is C=C=Cc1c2ccccc2c(Cc2cn(Cc3ccc([N+](=O)[O-])cc3)nn2)c2ccccc12. The molecule has 4 aromatic carbocycles. The van der Waals surface area contributed by atoms with Gasteiger partial charge < -0.3 is 0 Å². The number of benzene rings is 4. The Labute approximate surface area is 190 Å². The average molecular weight is 432 g/mol. The fourth-order valence-electron chi connectivity index (χ4n) is 4.29. The molecule has 0 saturated heterocycles. The highest BCUT2D eigenvalue weighted by atomic mass is 16.6. The van der Waals surface area contributed by atoms with Crippen molar-refractivity contribution in [2.45, 2.75) is 13.0 Å². The number of hydrogen-bond donors (Lipinski definition) is 0. The predicted octanol–water partition coefficient (Wildman–Crippen LogP) is 5.93. The molecule has 0 atom stereocenters. The number of rotatable bonds is 6. The first-order chi connectivity index (χ1) is 16.1. The minimum Gasteiger partial charge on any atom is -0.258 e. The van der Waals surface area contributed by atoms with Gasteiger partial charge in [0.15, 0.2) is 0 Å². The van der Waals surface area contributed by atoms with Gasteiger partial charge >= 0.3 is 0 Å². The molecule has 0 radical (unpaired) electrons. The lowest BCUT2D eigenvalue weighted by molar-refractivity contribution is -0.384. The van der Waals surface area contributed by atoms with Crippen molar-refractivity contribution in [2.75, 3.05) is 0 Å². The molecular formula is C27H20N4O2. The van der Waals surface area contributed by atoms with Gasteiger partial charge in [-0.15, -0.1) is 10.8 Å².